The van der Waals surface area contributed by atoms with Gasteiger partial charge in [-0.2, -0.15) is 0 Å². The molecule has 0 radical (unpaired) electrons. The molecule has 0 fully saturated rings. The van der Waals surface area contributed by atoms with E-state index >= 15 is 0 Å². The van der Waals surface area contributed by atoms with Gasteiger partial charge in [-0.1, -0.05) is 84.0 Å². The maximum absolute atomic E-state index is 12.1. The first-order valence-electron chi connectivity index (χ1n) is 10.4. The predicted molar refractivity (Wildman–Crippen MR) is 104 cm³/mol. The van der Waals surface area contributed by atoms with Gasteiger partial charge in [-0.05, 0) is 27.4 Å². The van der Waals surface area contributed by atoms with Gasteiger partial charge in [-0.25, -0.2) is 0 Å². The molecule has 1 N–H and O–H groups in total. The van der Waals surface area contributed by atoms with Crippen LogP contribution in [0.5, 0.6) is 0 Å². The fourth-order valence-electron chi connectivity index (χ4n) is 3.45. The van der Waals surface area contributed by atoms with Crippen LogP contribution in [0.2, 0.25) is 0 Å². The van der Waals surface area contributed by atoms with Crippen molar-refractivity contribution in [1.29, 1.82) is 0 Å². The summed E-state index contributed by atoms with van der Waals surface area (Å²) in [5, 5.41) is 9.69. The number of Topliss-reactive ketones (excluding diaryl/α,β-unsaturated/α-hetero) is 1. The van der Waals surface area contributed by atoms with Crippen molar-refractivity contribution in [2.45, 2.75) is 116 Å². The number of hydrogen-bond acceptors (Lipinski definition) is 3. The Bertz CT molecular complexity index is 282. The van der Waals surface area contributed by atoms with Crippen molar-refractivity contribution in [3.8, 4) is 0 Å². The van der Waals surface area contributed by atoms with Gasteiger partial charge in [0, 0.05) is 6.42 Å². The Hall–Kier alpha value is -0.410. The standard InChI is InChI=1S/C21H43NO2/c1-5-6-7-8-9-10-11-12-13-14-15-16-17-18-20(24)21(19(2)23)22(3)4/h19,21,23H,5-18H2,1-4H3. The van der Waals surface area contributed by atoms with Gasteiger partial charge in [0.15, 0.2) is 5.78 Å². The minimum absolute atomic E-state index is 0.179. The van der Waals surface area contributed by atoms with Gasteiger partial charge in [0.2, 0.25) is 0 Å². The number of carbonyl (C=O) groups excluding carboxylic acids is 1. The van der Waals surface area contributed by atoms with E-state index in [0.29, 0.717) is 6.42 Å². The third-order valence-electron chi connectivity index (χ3n) is 4.87. The summed E-state index contributed by atoms with van der Waals surface area (Å²) < 4.78 is 0. The van der Waals surface area contributed by atoms with Crippen LogP contribution in [-0.2, 0) is 4.79 Å². The van der Waals surface area contributed by atoms with Gasteiger partial charge in [0.1, 0.15) is 0 Å². The lowest BCUT2D eigenvalue weighted by molar-refractivity contribution is -0.126. The Morgan fingerprint density at radius 3 is 1.50 bits per heavy atom. The number of likely N-dealkylation sites (N-methyl/N-ethyl adjacent to an activating group) is 1. The van der Waals surface area contributed by atoms with Crippen molar-refractivity contribution in [3.63, 3.8) is 0 Å². The van der Waals surface area contributed by atoms with Crippen molar-refractivity contribution < 1.29 is 9.90 Å². The number of carbonyl (C=O) groups is 1. The van der Waals surface area contributed by atoms with E-state index in [1.807, 2.05) is 19.0 Å². The third-order valence-corrected chi connectivity index (χ3v) is 4.87. The number of ketones is 1. The highest BCUT2D eigenvalue weighted by Gasteiger charge is 2.24. The van der Waals surface area contributed by atoms with Crippen LogP contribution < -0.4 is 0 Å². The molecule has 0 spiro atoms. The molecule has 0 aliphatic carbocycles. The third kappa shape index (κ3) is 12.9. The van der Waals surface area contributed by atoms with Crippen LogP contribution in [-0.4, -0.2) is 42.0 Å². The van der Waals surface area contributed by atoms with E-state index in [4.69, 9.17) is 0 Å². The van der Waals surface area contributed by atoms with Crippen LogP contribution in [0.1, 0.15) is 104 Å². The second kappa shape index (κ2) is 16.1. The zero-order chi connectivity index (χ0) is 18.2. The van der Waals surface area contributed by atoms with E-state index in [9.17, 15) is 9.90 Å². The minimum Gasteiger partial charge on any atom is -0.391 e. The Labute approximate surface area is 151 Å². The first-order valence-corrected chi connectivity index (χ1v) is 10.4. The van der Waals surface area contributed by atoms with Crippen LogP contribution in [0.15, 0.2) is 0 Å². The van der Waals surface area contributed by atoms with Gasteiger partial charge in [0.25, 0.3) is 0 Å². The smallest absolute Gasteiger partial charge is 0.152 e. The number of aliphatic hydroxyl groups excluding tert-OH is 1. The molecule has 0 bridgehead atoms. The second-order valence-electron chi connectivity index (χ2n) is 7.61. The molecule has 3 nitrogen and oxygen atoms in total. The normalized spacial score (nSPS) is 14.1. The molecule has 3 heteroatoms. The zero-order valence-electron chi connectivity index (χ0n) is 16.9. The lowest BCUT2D eigenvalue weighted by Crippen LogP contribution is -2.43. The number of rotatable bonds is 17. The van der Waals surface area contributed by atoms with Crippen LogP contribution in [0.3, 0.4) is 0 Å². The van der Waals surface area contributed by atoms with Crippen LogP contribution in [0.25, 0.3) is 0 Å². The van der Waals surface area contributed by atoms with E-state index < -0.39 is 6.10 Å². The van der Waals surface area contributed by atoms with Crippen LogP contribution in [0, 0.1) is 0 Å². The van der Waals surface area contributed by atoms with E-state index in [1.165, 1.54) is 70.6 Å². The summed E-state index contributed by atoms with van der Waals surface area (Å²) in [7, 11) is 3.72. The van der Waals surface area contributed by atoms with E-state index in [0.717, 1.165) is 12.8 Å². The monoisotopic (exact) mass is 341 g/mol. The summed E-state index contributed by atoms with van der Waals surface area (Å²) in [6.07, 6.45) is 17.2. The van der Waals surface area contributed by atoms with E-state index in [2.05, 4.69) is 6.92 Å². The van der Waals surface area contributed by atoms with Crippen molar-refractivity contribution >= 4 is 5.78 Å². The Morgan fingerprint density at radius 2 is 1.17 bits per heavy atom. The maximum atomic E-state index is 12.1. The molecule has 0 aromatic carbocycles. The first kappa shape index (κ1) is 23.6. The predicted octanol–water partition coefficient (Wildman–Crippen LogP) is 5.35. The maximum Gasteiger partial charge on any atom is 0.152 e. The molecule has 2 unspecified atom stereocenters. The number of unbranched alkanes of at least 4 members (excludes halogenated alkanes) is 12. The summed E-state index contributed by atoms with van der Waals surface area (Å²) in [6, 6.07) is -0.345. The van der Waals surface area contributed by atoms with E-state index in [1.54, 1.807) is 6.92 Å². The highest BCUT2D eigenvalue weighted by atomic mass is 16.3. The summed E-state index contributed by atoms with van der Waals surface area (Å²) >= 11 is 0. The molecular formula is C21H43NO2. The molecule has 0 rings (SSSR count). The Kier molecular flexibility index (Phi) is 15.8. The van der Waals surface area contributed by atoms with Crippen LogP contribution >= 0.6 is 0 Å². The largest absolute Gasteiger partial charge is 0.391 e. The molecule has 0 aromatic rings. The van der Waals surface area contributed by atoms with Gasteiger partial charge in [0.05, 0.1) is 12.1 Å². The molecule has 2 atom stereocenters. The number of hydrogen-bond donors (Lipinski definition) is 1. The van der Waals surface area contributed by atoms with Gasteiger partial charge in [-0.3, -0.25) is 9.69 Å². The van der Waals surface area contributed by atoms with Crippen molar-refractivity contribution in [3.05, 3.63) is 0 Å². The second-order valence-corrected chi connectivity index (χ2v) is 7.61. The molecule has 0 aliphatic rings. The summed E-state index contributed by atoms with van der Waals surface area (Å²) in [5.41, 5.74) is 0. The van der Waals surface area contributed by atoms with Gasteiger partial charge >= 0.3 is 0 Å². The zero-order valence-corrected chi connectivity index (χ0v) is 16.9. The Morgan fingerprint density at radius 1 is 0.792 bits per heavy atom. The summed E-state index contributed by atoms with van der Waals surface area (Å²) in [6.45, 7) is 3.97. The lowest BCUT2D eigenvalue weighted by atomic mass is 10.00. The van der Waals surface area contributed by atoms with Crippen molar-refractivity contribution in [2.24, 2.45) is 0 Å². The van der Waals surface area contributed by atoms with Gasteiger partial charge in [-0.15, -0.1) is 0 Å². The van der Waals surface area contributed by atoms with E-state index in [-0.39, 0.29) is 11.8 Å². The summed E-state index contributed by atoms with van der Waals surface area (Å²) in [5.74, 6) is 0.179. The first-order chi connectivity index (χ1) is 11.5. The molecule has 144 valence electrons. The molecule has 0 aromatic heterocycles. The summed E-state index contributed by atoms with van der Waals surface area (Å²) in [4.78, 5) is 14.0. The fraction of sp³-hybridized carbons (Fsp3) is 0.952. The van der Waals surface area contributed by atoms with Crippen LogP contribution in [0.4, 0.5) is 0 Å². The average molecular weight is 342 g/mol. The molecular weight excluding hydrogens is 298 g/mol. The van der Waals surface area contributed by atoms with Crippen molar-refractivity contribution in [1.82, 2.24) is 4.90 Å². The topological polar surface area (TPSA) is 40.5 Å². The molecule has 0 aliphatic heterocycles. The van der Waals surface area contributed by atoms with Gasteiger partial charge < -0.3 is 5.11 Å². The minimum atomic E-state index is -0.588. The molecule has 0 heterocycles. The lowest BCUT2D eigenvalue weighted by Gasteiger charge is -2.25. The highest BCUT2D eigenvalue weighted by molar-refractivity contribution is 5.84. The highest BCUT2D eigenvalue weighted by Crippen LogP contribution is 2.14. The average Bonchev–Trinajstić information content (AvgIpc) is 2.51. The Balaban J connectivity index is 3.40. The number of nitrogens with zero attached hydrogens (tertiary/aromatic N) is 1. The van der Waals surface area contributed by atoms with Crippen molar-refractivity contribution in [2.75, 3.05) is 14.1 Å². The molecule has 24 heavy (non-hydrogen) atoms. The SMILES string of the molecule is CCCCCCCCCCCCCCCC(=O)C(C(C)O)N(C)C. The fourth-order valence-corrected chi connectivity index (χ4v) is 3.45. The molecule has 0 saturated heterocycles. The molecule has 0 saturated carbocycles. The number of aliphatic hydroxyl groups is 1. The quantitative estimate of drug-likeness (QED) is 0.363. The molecule has 0 amide bonds.